The van der Waals surface area contributed by atoms with Crippen LogP contribution in [-0.4, -0.2) is 15.0 Å². The van der Waals surface area contributed by atoms with Crippen LogP contribution in [0.1, 0.15) is 0 Å². The molecule has 0 aliphatic rings. The van der Waals surface area contributed by atoms with Crippen molar-refractivity contribution in [3.8, 4) is 17.0 Å². The van der Waals surface area contributed by atoms with E-state index in [2.05, 4.69) is 4.98 Å². The number of aromatic nitrogens is 1. The van der Waals surface area contributed by atoms with Crippen LogP contribution < -0.4 is 0 Å². The third-order valence-corrected chi connectivity index (χ3v) is 3.04. The number of nitrogens with zero attached hydrogens (tertiary/aromatic N) is 2. The number of rotatable bonds is 2. The predicted octanol–water partition coefficient (Wildman–Crippen LogP) is 3.67. The standard InChI is InChI=1S/C11H6Cl2N2O3/c12-8-2-1-6(3-9(8)13)7-4-10(15(17)18)11(16)14-5-7/h1-5H,(H,14,16). The van der Waals surface area contributed by atoms with E-state index >= 15 is 0 Å². The van der Waals surface area contributed by atoms with E-state index in [1.165, 1.54) is 12.3 Å². The van der Waals surface area contributed by atoms with E-state index < -0.39 is 16.5 Å². The van der Waals surface area contributed by atoms with Gasteiger partial charge in [-0.15, -0.1) is 0 Å². The molecular weight excluding hydrogens is 279 g/mol. The van der Waals surface area contributed by atoms with Gasteiger partial charge in [0.05, 0.1) is 15.0 Å². The lowest BCUT2D eigenvalue weighted by Gasteiger charge is -2.03. The lowest BCUT2D eigenvalue weighted by molar-refractivity contribution is -0.386. The molecule has 2 rings (SSSR count). The second kappa shape index (κ2) is 4.80. The number of hydrogen-bond acceptors (Lipinski definition) is 4. The minimum absolute atomic E-state index is 0.338. The lowest BCUT2D eigenvalue weighted by atomic mass is 10.1. The van der Waals surface area contributed by atoms with Gasteiger partial charge in [-0.1, -0.05) is 29.3 Å². The van der Waals surface area contributed by atoms with E-state index in [9.17, 15) is 15.2 Å². The van der Waals surface area contributed by atoms with Gasteiger partial charge in [0.25, 0.3) is 5.88 Å². The topological polar surface area (TPSA) is 76.3 Å². The van der Waals surface area contributed by atoms with Crippen molar-refractivity contribution in [2.75, 3.05) is 0 Å². The first-order chi connectivity index (χ1) is 8.49. The van der Waals surface area contributed by atoms with Crippen molar-refractivity contribution >= 4 is 28.9 Å². The molecule has 0 unspecified atom stereocenters. The van der Waals surface area contributed by atoms with Crippen molar-refractivity contribution in [3.63, 3.8) is 0 Å². The molecule has 2 aromatic rings. The van der Waals surface area contributed by atoms with Crippen molar-refractivity contribution in [2.24, 2.45) is 0 Å². The molecule has 0 aliphatic heterocycles. The monoisotopic (exact) mass is 284 g/mol. The Bertz CT molecular complexity index is 632. The Balaban J connectivity index is 2.54. The first-order valence-corrected chi connectivity index (χ1v) is 5.53. The zero-order valence-electron chi connectivity index (χ0n) is 8.80. The average molecular weight is 285 g/mol. The maximum Gasteiger partial charge on any atom is 0.331 e. The summed E-state index contributed by atoms with van der Waals surface area (Å²) < 4.78 is 0. The number of halogens is 2. The van der Waals surface area contributed by atoms with Crippen molar-refractivity contribution < 1.29 is 10.0 Å². The fourth-order valence-corrected chi connectivity index (χ4v) is 1.71. The molecule has 1 aromatic heterocycles. The Labute approximate surface area is 112 Å². The average Bonchev–Trinajstić information content (AvgIpc) is 2.33. The van der Waals surface area contributed by atoms with E-state index in [-0.39, 0.29) is 0 Å². The third kappa shape index (κ3) is 2.37. The number of benzene rings is 1. The van der Waals surface area contributed by atoms with Gasteiger partial charge in [0, 0.05) is 17.8 Å². The highest BCUT2D eigenvalue weighted by Crippen LogP contribution is 2.32. The molecule has 0 saturated carbocycles. The molecule has 0 spiro atoms. The molecule has 0 radical (unpaired) electrons. The SMILES string of the molecule is O=[N+]([O-])c1cc(-c2ccc(Cl)c(Cl)c2)cnc1O. The van der Waals surface area contributed by atoms with Crippen LogP contribution in [0.5, 0.6) is 5.88 Å². The van der Waals surface area contributed by atoms with E-state index in [1.54, 1.807) is 18.2 Å². The normalized spacial score (nSPS) is 10.3. The molecule has 5 nitrogen and oxygen atoms in total. The Morgan fingerprint density at radius 1 is 1.17 bits per heavy atom. The van der Waals surface area contributed by atoms with Crippen molar-refractivity contribution in [1.82, 2.24) is 4.98 Å². The first kappa shape index (κ1) is 12.6. The summed E-state index contributed by atoms with van der Waals surface area (Å²) in [6.45, 7) is 0. The number of aromatic hydroxyl groups is 1. The lowest BCUT2D eigenvalue weighted by Crippen LogP contribution is -1.91. The molecule has 0 aliphatic carbocycles. The highest BCUT2D eigenvalue weighted by molar-refractivity contribution is 6.42. The van der Waals surface area contributed by atoms with Crippen LogP contribution in [0.15, 0.2) is 30.5 Å². The number of pyridine rings is 1. The molecule has 92 valence electrons. The maximum atomic E-state index is 10.7. The van der Waals surface area contributed by atoms with Crippen LogP contribution in [0.25, 0.3) is 11.1 Å². The molecule has 18 heavy (non-hydrogen) atoms. The predicted molar refractivity (Wildman–Crippen MR) is 68.0 cm³/mol. The quantitative estimate of drug-likeness (QED) is 0.674. The van der Waals surface area contributed by atoms with Gasteiger partial charge in [-0.2, -0.15) is 0 Å². The molecule has 0 saturated heterocycles. The van der Waals surface area contributed by atoms with Crippen LogP contribution in [-0.2, 0) is 0 Å². The van der Waals surface area contributed by atoms with Crippen LogP contribution in [0.3, 0.4) is 0 Å². The van der Waals surface area contributed by atoms with E-state index in [0.29, 0.717) is 21.2 Å². The van der Waals surface area contributed by atoms with Gasteiger partial charge in [0.1, 0.15) is 0 Å². The van der Waals surface area contributed by atoms with Gasteiger partial charge in [0.2, 0.25) is 0 Å². The fourth-order valence-electron chi connectivity index (χ4n) is 1.41. The van der Waals surface area contributed by atoms with Crippen molar-refractivity contribution in [3.05, 3.63) is 50.6 Å². The van der Waals surface area contributed by atoms with E-state index in [0.717, 1.165) is 0 Å². The molecular formula is C11H6Cl2N2O3. The van der Waals surface area contributed by atoms with Crippen molar-refractivity contribution in [2.45, 2.75) is 0 Å². The summed E-state index contributed by atoms with van der Waals surface area (Å²) in [5, 5.41) is 20.7. The van der Waals surface area contributed by atoms with Crippen molar-refractivity contribution in [1.29, 1.82) is 0 Å². The molecule has 1 N–H and O–H groups in total. The summed E-state index contributed by atoms with van der Waals surface area (Å²) >= 11 is 11.6. The van der Waals surface area contributed by atoms with Gasteiger partial charge in [-0.05, 0) is 17.7 Å². The molecule has 0 amide bonds. The molecule has 0 fully saturated rings. The summed E-state index contributed by atoms with van der Waals surface area (Å²) in [4.78, 5) is 13.5. The molecule has 1 aromatic carbocycles. The Kier molecular flexibility index (Phi) is 3.36. The summed E-state index contributed by atoms with van der Waals surface area (Å²) in [6.07, 6.45) is 1.32. The second-order valence-corrected chi connectivity index (χ2v) is 4.27. The molecule has 7 heteroatoms. The van der Waals surface area contributed by atoms with Gasteiger partial charge in [-0.25, -0.2) is 4.98 Å². The fraction of sp³-hybridized carbons (Fsp3) is 0. The highest BCUT2D eigenvalue weighted by Gasteiger charge is 2.16. The zero-order valence-corrected chi connectivity index (χ0v) is 10.3. The van der Waals surface area contributed by atoms with Gasteiger partial charge < -0.3 is 5.11 Å². The summed E-state index contributed by atoms with van der Waals surface area (Å²) in [5.74, 6) is -0.621. The van der Waals surface area contributed by atoms with E-state index in [1.807, 2.05) is 0 Å². The third-order valence-electron chi connectivity index (χ3n) is 2.30. The molecule has 1 heterocycles. The van der Waals surface area contributed by atoms with Gasteiger partial charge in [0.15, 0.2) is 0 Å². The Morgan fingerprint density at radius 3 is 2.50 bits per heavy atom. The maximum absolute atomic E-state index is 10.7. The van der Waals surface area contributed by atoms with Gasteiger partial charge in [-0.3, -0.25) is 10.1 Å². The number of hydrogen-bond donors (Lipinski definition) is 1. The van der Waals surface area contributed by atoms with Gasteiger partial charge >= 0.3 is 5.69 Å². The zero-order chi connectivity index (χ0) is 13.3. The second-order valence-electron chi connectivity index (χ2n) is 3.45. The Morgan fingerprint density at radius 2 is 1.89 bits per heavy atom. The largest absolute Gasteiger partial charge is 0.488 e. The summed E-state index contributed by atoms with van der Waals surface area (Å²) in [7, 11) is 0. The number of nitro groups is 1. The van der Waals surface area contributed by atoms with Crippen LogP contribution in [0.2, 0.25) is 10.0 Å². The molecule has 0 atom stereocenters. The minimum atomic E-state index is -0.705. The minimum Gasteiger partial charge on any atom is -0.488 e. The van der Waals surface area contributed by atoms with Crippen LogP contribution in [0, 0.1) is 10.1 Å². The van der Waals surface area contributed by atoms with Crippen LogP contribution >= 0.6 is 23.2 Å². The summed E-state index contributed by atoms with van der Waals surface area (Å²) in [6, 6.07) is 6.04. The highest BCUT2D eigenvalue weighted by atomic mass is 35.5. The first-order valence-electron chi connectivity index (χ1n) is 4.78. The molecule has 0 bridgehead atoms. The van der Waals surface area contributed by atoms with E-state index in [4.69, 9.17) is 23.2 Å². The van der Waals surface area contributed by atoms with Crippen LogP contribution in [0.4, 0.5) is 5.69 Å². The Hall–Kier alpha value is -1.85. The smallest absolute Gasteiger partial charge is 0.331 e. The summed E-state index contributed by atoms with van der Waals surface area (Å²) in [5.41, 5.74) is 0.636.